The monoisotopic (exact) mass is 283 g/mol. The molecule has 0 saturated carbocycles. The number of carbonyl (C=O) groups is 1. The highest BCUT2D eigenvalue weighted by molar-refractivity contribution is 7.12. The Bertz CT molecular complexity index is 458. The third kappa shape index (κ3) is 3.42. The summed E-state index contributed by atoms with van der Waals surface area (Å²) in [6.07, 6.45) is -0.172. The van der Waals surface area contributed by atoms with Gasteiger partial charge in [-0.2, -0.15) is 0 Å². The van der Waals surface area contributed by atoms with E-state index in [1.54, 1.807) is 11.3 Å². The number of aryl methyl sites for hydroxylation is 2. The molecule has 1 saturated heterocycles. The highest BCUT2D eigenvalue weighted by atomic mass is 32.1. The minimum Gasteiger partial charge on any atom is -0.394 e. The van der Waals surface area contributed by atoms with Gasteiger partial charge in [-0.1, -0.05) is 0 Å². The number of Topliss-reactive ketones (excluding diaryl/α,β-unsaturated/α-hetero) is 1. The minimum absolute atomic E-state index is 0.00793. The van der Waals surface area contributed by atoms with Crippen LogP contribution in [0.4, 0.5) is 0 Å². The quantitative estimate of drug-likeness (QED) is 0.853. The Morgan fingerprint density at radius 3 is 2.89 bits per heavy atom. The number of carbonyl (C=O) groups excluding carboxylic acids is 1. The van der Waals surface area contributed by atoms with Crippen LogP contribution in [0.1, 0.15) is 27.0 Å². The molecule has 0 aromatic carbocycles. The number of aliphatic hydroxyl groups excluding tert-OH is 1. The third-order valence-electron chi connectivity index (χ3n) is 3.53. The average molecular weight is 283 g/mol. The molecule has 0 amide bonds. The van der Waals surface area contributed by atoms with E-state index in [-0.39, 0.29) is 24.5 Å². The number of thiophene rings is 1. The van der Waals surface area contributed by atoms with E-state index in [1.807, 2.05) is 26.8 Å². The van der Waals surface area contributed by atoms with Crippen LogP contribution in [0.3, 0.4) is 0 Å². The fraction of sp³-hybridized carbons (Fsp3) is 0.643. The molecular weight excluding hydrogens is 262 g/mol. The van der Waals surface area contributed by atoms with Crippen molar-refractivity contribution in [3.8, 4) is 0 Å². The summed E-state index contributed by atoms with van der Waals surface area (Å²) < 4.78 is 5.48. The first-order chi connectivity index (χ1) is 9.01. The van der Waals surface area contributed by atoms with Crippen molar-refractivity contribution in [3.05, 3.63) is 21.4 Å². The summed E-state index contributed by atoms with van der Waals surface area (Å²) in [5.74, 6) is 0.160. The topological polar surface area (TPSA) is 49.8 Å². The lowest BCUT2D eigenvalue weighted by atomic mass is 10.1. The predicted molar refractivity (Wildman–Crippen MR) is 76.0 cm³/mol. The third-order valence-corrected chi connectivity index (χ3v) is 4.49. The SMILES string of the molecule is Cc1cc(C(=O)CN2CC(CO)OCC2C)c(C)s1. The highest BCUT2D eigenvalue weighted by Gasteiger charge is 2.27. The van der Waals surface area contributed by atoms with E-state index in [4.69, 9.17) is 9.84 Å². The zero-order chi connectivity index (χ0) is 14.0. The highest BCUT2D eigenvalue weighted by Crippen LogP contribution is 2.22. The molecule has 0 bridgehead atoms. The number of ketones is 1. The second kappa shape index (κ2) is 6.13. The predicted octanol–water partition coefficient (Wildman–Crippen LogP) is 1.63. The first kappa shape index (κ1) is 14.7. The van der Waals surface area contributed by atoms with Gasteiger partial charge in [-0.15, -0.1) is 11.3 Å². The summed E-state index contributed by atoms with van der Waals surface area (Å²) in [7, 11) is 0. The van der Waals surface area contributed by atoms with Gasteiger partial charge in [0.1, 0.15) is 0 Å². The Kier molecular flexibility index (Phi) is 4.73. The molecule has 2 atom stereocenters. The Hall–Kier alpha value is -0.750. The van der Waals surface area contributed by atoms with Gasteiger partial charge in [0.15, 0.2) is 5.78 Å². The summed E-state index contributed by atoms with van der Waals surface area (Å²) in [6, 6.07) is 2.18. The molecule has 19 heavy (non-hydrogen) atoms. The summed E-state index contributed by atoms with van der Waals surface area (Å²) >= 11 is 1.66. The van der Waals surface area contributed by atoms with Crippen molar-refractivity contribution < 1.29 is 14.6 Å². The molecule has 1 fully saturated rings. The zero-order valence-corrected chi connectivity index (χ0v) is 12.5. The maximum Gasteiger partial charge on any atom is 0.177 e. The number of hydrogen-bond donors (Lipinski definition) is 1. The van der Waals surface area contributed by atoms with Crippen molar-refractivity contribution >= 4 is 17.1 Å². The van der Waals surface area contributed by atoms with E-state index in [9.17, 15) is 4.79 Å². The Morgan fingerprint density at radius 1 is 1.58 bits per heavy atom. The van der Waals surface area contributed by atoms with Gasteiger partial charge in [0.25, 0.3) is 0 Å². The second-order valence-electron chi connectivity index (χ2n) is 5.17. The van der Waals surface area contributed by atoms with Crippen LogP contribution in [0, 0.1) is 13.8 Å². The first-order valence-corrected chi connectivity index (χ1v) is 7.39. The molecular formula is C14H21NO3S. The number of rotatable bonds is 4. The second-order valence-corrected chi connectivity index (χ2v) is 6.63. The largest absolute Gasteiger partial charge is 0.394 e. The summed E-state index contributed by atoms with van der Waals surface area (Å²) in [5, 5.41) is 9.16. The van der Waals surface area contributed by atoms with Crippen molar-refractivity contribution in [2.75, 3.05) is 26.3 Å². The lowest BCUT2D eigenvalue weighted by molar-refractivity contribution is -0.0747. The van der Waals surface area contributed by atoms with Crippen LogP contribution in [0.2, 0.25) is 0 Å². The fourth-order valence-corrected chi connectivity index (χ4v) is 3.33. The van der Waals surface area contributed by atoms with E-state index < -0.39 is 0 Å². The maximum absolute atomic E-state index is 12.3. The molecule has 2 heterocycles. The summed E-state index contributed by atoms with van der Waals surface area (Å²) in [5.41, 5.74) is 0.835. The molecule has 2 unspecified atom stereocenters. The van der Waals surface area contributed by atoms with E-state index in [0.717, 1.165) is 10.4 Å². The molecule has 5 heteroatoms. The van der Waals surface area contributed by atoms with Gasteiger partial charge in [-0.25, -0.2) is 0 Å². The molecule has 0 radical (unpaired) electrons. The van der Waals surface area contributed by atoms with Gasteiger partial charge in [0.2, 0.25) is 0 Å². The standard InChI is InChI=1S/C14H21NO3S/c1-9-8-18-12(7-16)5-15(9)6-14(17)13-4-10(2)19-11(13)3/h4,9,12,16H,5-8H2,1-3H3. The smallest absolute Gasteiger partial charge is 0.177 e. The van der Waals surface area contributed by atoms with Gasteiger partial charge in [-0.05, 0) is 26.8 Å². The van der Waals surface area contributed by atoms with Crippen molar-refractivity contribution in [2.45, 2.75) is 32.9 Å². The van der Waals surface area contributed by atoms with Crippen molar-refractivity contribution in [3.63, 3.8) is 0 Å². The summed E-state index contributed by atoms with van der Waals surface area (Å²) in [6.45, 7) is 7.65. The molecule has 2 rings (SSSR count). The van der Waals surface area contributed by atoms with Crippen molar-refractivity contribution in [1.29, 1.82) is 0 Å². The molecule has 4 nitrogen and oxygen atoms in total. The number of nitrogens with zero attached hydrogens (tertiary/aromatic N) is 1. The van der Waals surface area contributed by atoms with E-state index in [2.05, 4.69) is 4.90 Å². The molecule has 106 valence electrons. The number of ether oxygens (including phenoxy) is 1. The Morgan fingerprint density at radius 2 is 2.32 bits per heavy atom. The molecule has 0 spiro atoms. The van der Waals surface area contributed by atoms with Crippen LogP contribution in [-0.4, -0.2) is 54.2 Å². The molecule has 1 aromatic rings. The van der Waals surface area contributed by atoms with Crippen LogP contribution >= 0.6 is 11.3 Å². The number of aliphatic hydroxyl groups is 1. The van der Waals surface area contributed by atoms with Crippen LogP contribution in [0.25, 0.3) is 0 Å². The lowest BCUT2D eigenvalue weighted by Gasteiger charge is -2.36. The van der Waals surface area contributed by atoms with Gasteiger partial charge in [0, 0.05) is 27.9 Å². The fourth-order valence-electron chi connectivity index (χ4n) is 2.38. The molecule has 1 aliphatic rings. The number of morpholine rings is 1. The van der Waals surface area contributed by atoms with Gasteiger partial charge >= 0.3 is 0 Å². The maximum atomic E-state index is 12.3. The summed E-state index contributed by atoms with van der Waals surface area (Å²) in [4.78, 5) is 16.7. The van der Waals surface area contributed by atoms with Crippen LogP contribution in [0.5, 0.6) is 0 Å². The van der Waals surface area contributed by atoms with E-state index in [1.165, 1.54) is 4.88 Å². The number of hydrogen-bond acceptors (Lipinski definition) is 5. The molecule has 1 aromatic heterocycles. The normalized spacial score (nSPS) is 24.6. The van der Waals surface area contributed by atoms with E-state index in [0.29, 0.717) is 19.7 Å². The lowest BCUT2D eigenvalue weighted by Crippen LogP contribution is -2.51. The van der Waals surface area contributed by atoms with E-state index >= 15 is 0 Å². The molecule has 1 aliphatic heterocycles. The van der Waals surface area contributed by atoms with Crippen LogP contribution in [0.15, 0.2) is 6.07 Å². The van der Waals surface area contributed by atoms with Crippen molar-refractivity contribution in [1.82, 2.24) is 4.90 Å². The Balaban J connectivity index is 2.03. The van der Waals surface area contributed by atoms with Gasteiger partial charge < -0.3 is 9.84 Å². The van der Waals surface area contributed by atoms with Crippen LogP contribution in [-0.2, 0) is 4.74 Å². The minimum atomic E-state index is -0.172. The zero-order valence-electron chi connectivity index (χ0n) is 11.7. The molecule has 0 aliphatic carbocycles. The Labute approximate surface area is 118 Å². The first-order valence-electron chi connectivity index (χ1n) is 6.58. The average Bonchev–Trinajstić information content (AvgIpc) is 2.71. The van der Waals surface area contributed by atoms with Gasteiger partial charge in [-0.3, -0.25) is 9.69 Å². The van der Waals surface area contributed by atoms with Crippen molar-refractivity contribution in [2.24, 2.45) is 0 Å². The molecule has 1 N–H and O–H groups in total. The van der Waals surface area contributed by atoms with Gasteiger partial charge in [0.05, 0.1) is 25.9 Å². The van der Waals surface area contributed by atoms with Crippen LogP contribution < -0.4 is 0 Å².